The molecular weight excluding hydrogens is 252 g/mol. The second-order valence-electron chi connectivity index (χ2n) is 5.55. The predicted molar refractivity (Wildman–Crippen MR) is 85.4 cm³/mol. The van der Waals surface area contributed by atoms with Crippen molar-refractivity contribution in [3.63, 3.8) is 0 Å². The molecule has 1 aliphatic heterocycles. The molecule has 3 heteroatoms. The Hall–Kier alpha value is -0.930. The lowest BCUT2D eigenvalue weighted by Crippen LogP contribution is -2.27. The molecule has 0 saturated carbocycles. The molecule has 1 saturated heterocycles. The molecule has 104 valence electrons. The van der Waals surface area contributed by atoms with Crippen LogP contribution in [0.5, 0.6) is 0 Å². The van der Waals surface area contributed by atoms with Crippen LogP contribution in [0.25, 0.3) is 0 Å². The molecule has 0 bridgehead atoms. The number of benzene rings is 1. The molecule has 19 heavy (non-hydrogen) atoms. The number of hydrogen-bond acceptors (Lipinski definition) is 2. The number of thiocarbonyl (C=S) groups is 1. The van der Waals surface area contributed by atoms with Gasteiger partial charge in [0.05, 0.1) is 0 Å². The van der Waals surface area contributed by atoms with E-state index < -0.39 is 0 Å². The maximum Gasteiger partial charge on any atom is 0.103 e. The average molecular weight is 276 g/mol. The number of nitrogens with two attached hydrogens (primary N) is 1. The van der Waals surface area contributed by atoms with E-state index in [2.05, 4.69) is 30.0 Å². The Labute approximate surface area is 122 Å². The molecule has 2 rings (SSSR count). The molecule has 2 N–H and O–H groups in total. The number of hydrogen-bond donors (Lipinski definition) is 1. The zero-order valence-electron chi connectivity index (χ0n) is 11.8. The van der Waals surface area contributed by atoms with Crippen molar-refractivity contribution < 1.29 is 0 Å². The second-order valence-corrected chi connectivity index (χ2v) is 5.99. The van der Waals surface area contributed by atoms with Crippen LogP contribution >= 0.6 is 12.2 Å². The predicted octanol–water partition coefficient (Wildman–Crippen LogP) is 3.40. The minimum absolute atomic E-state index is 0.487. The van der Waals surface area contributed by atoms with Crippen LogP contribution < -0.4 is 5.73 Å². The van der Waals surface area contributed by atoms with Gasteiger partial charge >= 0.3 is 0 Å². The van der Waals surface area contributed by atoms with Gasteiger partial charge in [0.25, 0.3) is 0 Å². The van der Waals surface area contributed by atoms with Crippen molar-refractivity contribution in [1.82, 2.24) is 4.90 Å². The number of likely N-dealkylation sites (tertiary alicyclic amines) is 1. The summed E-state index contributed by atoms with van der Waals surface area (Å²) in [6.07, 6.45) is 6.86. The van der Waals surface area contributed by atoms with E-state index in [0.717, 1.165) is 12.1 Å². The summed E-state index contributed by atoms with van der Waals surface area (Å²) in [7, 11) is 0. The first kappa shape index (κ1) is 14.5. The Morgan fingerprint density at radius 3 is 2.37 bits per heavy atom. The van der Waals surface area contributed by atoms with Gasteiger partial charge in [-0.15, -0.1) is 0 Å². The molecule has 1 heterocycles. The molecule has 1 aromatic carbocycles. The lowest BCUT2D eigenvalue weighted by molar-refractivity contribution is 0.239. The summed E-state index contributed by atoms with van der Waals surface area (Å²) in [6, 6.07) is 6.35. The highest BCUT2D eigenvalue weighted by molar-refractivity contribution is 7.80. The molecule has 0 radical (unpaired) electrons. The van der Waals surface area contributed by atoms with Crippen LogP contribution in [0.3, 0.4) is 0 Å². The maximum atomic E-state index is 5.68. The third-order valence-corrected chi connectivity index (χ3v) is 4.21. The average Bonchev–Trinajstić information content (AvgIpc) is 2.34. The van der Waals surface area contributed by atoms with E-state index in [0.29, 0.717) is 4.99 Å². The first-order valence-electron chi connectivity index (χ1n) is 7.28. The highest BCUT2D eigenvalue weighted by Gasteiger charge is 2.10. The van der Waals surface area contributed by atoms with Crippen LogP contribution in [-0.4, -0.2) is 23.0 Å². The number of aryl methyl sites for hydroxylation is 1. The quantitative estimate of drug-likeness (QED) is 0.858. The summed E-state index contributed by atoms with van der Waals surface area (Å²) >= 11 is 5.03. The van der Waals surface area contributed by atoms with Crippen LogP contribution in [0.2, 0.25) is 0 Å². The molecule has 0 spiro atoms. The zero-order valence-corrected chi connectivity index (χ0v) is 12.6. The molecule has 0 atom stereocenters. The highest BCUT2D eigenvalue weighted by atomic mass is 32.1. The summed E-state index contributed by atoms with van der Waals surface area (Å²) in [5, 5.41) is 0. The standard InChI is InChI=1S/C16H24N2S/c1-13-11-14(16(17)19)7-8-15(13)12-18-9-5-3-2-4-6-10-18/h7-8,11H,2-6,9-10,12H2,1H3,(H2,17,19). The fourth-order valence-electron chi connectivity index (χ4n) is 2.74. The Bertz CT molecular complexity index is 434. The van der Waals surface area contributed by atoms with E-state index in [1.54, 1.807) is 0 Å². The third kappa shape index (κ3) is 4.29. The Balaban J connectivity index is 2.03. The van der Waals surface area contributed by atoms with Crippen molar-refractivity contribution in [2.24, 2.45) is 5.73 Å². The van der Waals surface area contributed by atoms with E-state index in [1.807, 2.05) is 0 Å². The molecule has 0 aliphatic carbocycles. The third-order valence-electron chi connectivity index (χ3n) is 3.97. The second kappa shape index (κ2) is 7.01. The van der Waals surface area contributed by atoms with Crippen molar-refractivity contribution in [3.05, 3.63) is 34.9 Å². The lowest BCUT2D eigenvalue weighted by Gasteiger charge is -2.25. The van der Waals surface area contributed by atoms with Crippen molar-refractivity contribution in [1.29, 1.82) is 0 Å². The fourth-order valence-corrected chi connectivity index (χ4v) is 2.87. The summed E-state index contributed by atoms with van der Waals surface area (Å²) < 4.78 is 0. The minimum Gasteiger partial charge on any atom is -0.389 e. The van der Waals surface area contributed by atoms with Gasteiger partial charge in [0, 0.05) is 12.1 Å². The largest absolute Gasteiger partial charge is 0.389 e. The molecule has 1 aliphatic rings. The van der Waals surface area contributed by atoms with E-state index in [4.69, 9.17) is 18.0 Å². The number of rotatable bonds is 3. The Morgan fingerprint density at radius 2 is 1.79 bits per heavy atom. The Morgan fingerprint density at radius 1 is 1.16 bits per heavy atom. The molecule has 1 fully saturated rings. The maximum absolute atomic E-state index is 5.68. The topological polar surface area (TPSA) is 29.3 Å². The van der Waals surface area contributed by atoms with Crippen LogP contribution in [-0.2, 0) is 6.54 Å². The highest BCUT2D eigenvalue weighted by Crippen LogP contribution is 2.17. The van der Waals surface area contributed by atoms with Crippen molar-refractivity contribution >= 4 is 17.2 Å². The zero-order chi connectivity index (χ0) is 13.7. The molecule has 0 aromatic heterocycles. The van der Waals surface area contributed by atoms with Gasteiger partial charge in [-0.25, -0.2) is 0 Å². The molecule has 1 aromatic rings. The van der Waals surface area contributed by atoms with Gasteiger partial charge < -0.3 is 5.73 Å². The summed E-state index contributed by atoms with van der Waals surface area (Å²) in [6.45, 7) is 5.68. The van der Waals surface area contributed by atoms with E-state index >= 15 is 0 Å². The van der Waals surface area contributed by atoms with Gasteiger partial charge in [-0.2, -0.15) is 0 Å². The van der Waals surface area contributed by atoms with E-state index in [9.17, 15) is 0 Å². The monoisotopic (exact) mass is 276 g/mol. The molecule has 0 amide bonds. The summed E-state index contributed by atoms with van der Waals surface area (Å²) in [4.78, 5) is 3.07. The van der Waals surface area contributed by atoms with E-state index in [1.165, 1.54) is 56.3 Å². The van der Waals surface area contributed by atoms with Crippen LogP contribution in [0, 0.1) is 6.92 Å². The van der Waals surface area contributed by atoms with Gasteiger partial charge in [0.1, 0.15) is 4.99 Å². The normalized spacial score (nSPS) is 17.7. The first-order chi connectivity index (χ1) is 9.16. The van der Waals surface area contributed by atoms with Crippen LogP contribution in [0.1, 0.15) is 48.8 Å². The van der Waals surface area contributed by atoms with Crippen molar-refractivity contribution in [3.8, 4) is 0 Å². The van der Waals surface area contributed by atoms with Crippen LogP contribution in [0.15, 0.2) is 18.2 Å². The van der Waals surface area contributed by atoms with Crippen molar-refractivity contribution in [2.75, 3.05) is 13.1 Å². The van der Waals surface area contributed by atoms with Gasteiger partial charge in [0.15, 0.2) is 0 Å². The lowest BCUT2D eigenvalue weighted by atomic mass is 10.0. The molecule has 0 unspecified atom stereocenters. The number of nitrogens with zero attached hydrogens (tertiary/aromatic N) is 1. The summed E-state index contributed by atoms with van der Waals surface area (Å²) in [5.74, 6) is 0. The molecular formula is C16H24N2S. The van der Waals surface area contributed by atoms with Crippen molar-refractivity contribution in [2.45, 2.75) is 45.6 Å². The van der Waals surface area contributed by atoms with E-state index in [-0.39, 0.29) is 0 Å². The van der Waals surface area contributed by atoms with Gasteiger partial charge in [0.2, 0.25) is 0 Å². The first-order valence-corrected chi connectivity index (χ1v) is 7.69. The van der Waals surface area contributed by atoms with Gasteiger partial charge in [-0.3, -0.25) is 4.90 Å². The smallest absolute Gasteiger partial charge is 0.103 e. The molecule has 2 nitrogen and oxygen atoms in total. The SMILES string of the molecule is Cc1cc(C(N)=S)ccc1CN1CCCCCCC1. The van der Waals surface area contributed by atoms with Gasteiger partial charge in [-0.1, -0.05) is 43.6 Å². The van der Waals surface area contributed by atoms with Crippen LogP contribution in [0.4, 0.5) is 0 Å². The Kier molecular flexibility index (Phi) is 5.34. The summed E-state index contributed by atoms with van der Waals surface area (Å²) in [5.41, 5.74) is 9.35. The van der Waals surface area contributed by atoms with Gasteiger partial charge in [-0.05, 0) is 50.0 Å². The minimum atomic E-state index is 0.487. The fraction of sp³-hybridized carbons (Fsp3) is 0.562.